The van der Waals surface area contributed by atoms with E-state index in [1.807, 2.05) is 9.58 Å². The number of carboxylic acid groups (broad SMARTS) is 1. The van der Waals surface area contributed by atoms with E-state index < -0.39 is 5.97 Å². The van der Waals surface area contributed by atoms with Gasteiger partial charge in [0.2, 0.25) is 5.91 Å². The van der Waals surface area contributed by atoms with E-state index in [9.17, 15) is 14.7 Å². The Labute approximate surface area is 149 Å². The Morgan fingerprint density at radius 1 is 1.16 bits per heavy atom. The lowest BCUT2D eigenvalue weighted by Crippen LogP contribution is -2.47. The van der Waals surface area contributed by atoms with Crippen molar-refractivity contribution in [2.24, 2.45) is 11.3 Å². The zero-order valence-electron chi connectivity index (χ0n) is 15.5. The summed E-state index contributed by atoms with van der Waals surface area (Å²) in [5, 5.41) is 13.5. The first kappa shape index (κ1) is 18.0. The monoisotopic (exact) mass is 347 g/mol. The first-order valence-corrected chi connectivity index (χ1v) is 9.39. The molecule has 1 aliphatic carbocycles. The summed E-state index contributed by atoms with van der Waals surface area (Å²) in [6.07, 6.45) is 7.90. The van der Waals surface area contributed by atoms with Gasteiger partial charge in [0, 0.05) is 18.5 Å². The predicted molar refractivity (Wildman–Crippen MR) is 94.5 cm³/mol. The van der Waals surface area contributed by atoms with E-state index in [-0.39, 0.29) is 22.9 Å². The Morgan fingerprint density at radius 3 is 2.28 bits per heavy atom. The maximum atomic E-state index is 13.0. The van der Waals surface area contributed by atoms with Gasteiger partial charge in [-0.2, -0.15) is 5.10 Å². The van der Waals surface area contributed by atoms with Crippen molar-refractivity contribution in [2.75, 3.05) is 13.1 Å². The zero-order chi connectivity index (χ0) is 18.2. The van der Waals surface area contributed by atoms with Crippen molar-refractivity contribution in [3.05, 3.63) is 17.5 Å². The minimum absolute atomic E-state index is 0.173. The lowest BCUT2D eigenvalue weighted by atomic mass is 9.76. The molecule has 2 fully saturated rings. The molecule has 0 spiro atoms. The zero-order valence-corrected chi connectivity index (χ0v) is 15.5. The number of carbonyl (C=O) groups is 2. The number of aromatic carboxylic acids is 1. The molecular weight excluding hydrogens is 318 g/mol. The molecule has 25 heavy (non-hydrogen) atoms. The second-order valence-electron chi connectivity index (χ2n) is 8.12. The van der Waals surface area contributed by atoms with Crippen LogP contribution in [0.2, 0.25) is 0 Å². The molecule has 1 saturated carbocycles. The van der Waals surface area contributed by atoms with Gasteiger partial charge in [-0.1, -0.05) is 26.7 Å². The van der Waals surface area contributed by atoms with Gasteiger partial charge < -0.3 is 10.0 Å². The van der Waals surface area contributed by atoms with Crippen molar-refractivity contribution in [2.45, 2.75) is 65.3 Å². The quantitative estimate of drug-likeness (QED) is 0.907. The average molecular weight is 347 g/mol. The second kappa shape index (κ2) is 6.81. The van der Waals surface area contributed by atoms with Crippen molar-refractivity contribution < 1.29 is 14.7 Å². The Kier molecular flexibility index (Phi) is 4.89. The first-order valence-electron chi connectivity index (χ1n) is 9.39. The second-order valence-corrected chi connectivity index (χ2v) is 8.12. The van der Waals surface area contributed by atoms with Crippen LogP contribution in [0.5, 0.6) is 0 Å². The van der Waals surface area contributed by atoms with Gasteiger partial charge in [0.15, 0.2) is 0 Å². The lowest BCUT2D eigenvalue weighted by Gasteiger charge is -2.39. The molecule has 1 aromatic heterocycles. The van der Waals surface area contributed by atoms with Crippen molar-refractivity contribution in [1.82, 2.24) is 14.7 Å². The SMILES string of the molecule is Cc1c(C(=O)O)cnn1C1CCN(C(=O)C(C)(C)C2CCCC2)CC1. The number of piperidine rings is 1. The van der Waals surface area contributed by atoms with Crippen LogP contribution in [0.15, 0.2) is 6.20 Å². The summed E-state index contributed by atoms with van der Waals surface area (Å²) < 4.78 is 1.83. The standard InChI is InChI=1S/C19H29N3O3/c1-13-16(17(23)24)12-20-22(13)15-8-10-21(11-9-15)18(25)19(2,3)14-6-4-5-7-14/h12,14-15H,4-11H2,1-3H3,(H,23,24). The molecule has 138 valence electrons. The molecule has 0 radical (unpaired) electrons. The van der Waals surface area contributed by atoms with Gasteiger partial charge in [0.25, 0.3) is 0 Å². The van der Waals surface area contributed by atoms with E-state index in [1.54, 1.807) is 6.92 Å². The van der Waals surface area contributed by atoms with Crippen molar-refractivity contribution >= 4 is 11.9 Å². The minimum atomic E-state index is -0.935. The van der Waals surface area contributed by atoms with Crippen LogP contribution in [-0.4, -0.2) is 44.8 Å². The van der Waals surface area contributed by atoms with E-state index in [0.717, 1.165) is 25.9 Å². The van der Waals surface area contributed by atoms with Crippen LogP contribution in [0.25, 0.3) is 0 Å². The van der Waals surface area contributed by atoms with E-state index in [0.29, 0.717) is 11.6 Å². The molecule has 1 N–H and O–H groups in total. The summed E-state index contributed by atoms with van der Waals surface area (Å²) in [5.41, 5.74) is 0.686. The normalized spacial score (nSPS) is 20.2. The molecule has 1 saturated heterocycles. The molecule has 0 unspecified atom stereocenters. The lowest BCUT2D eigenvalue weighted by molar-refractivity contribution is -0.144. The predicted octanol–water partition coefficient (Wildman–Crippen LogP) is 3.27. The van der Waals surface area contributed by atoms with Crippen molar-refractivity contribution in [3.63, 3.8) is 0 Å². The Bertz CT molecular complexity index is 651. The largest absolute Gasteiger partial charge is 0.478 e. The number of likely N-dealkylation sites (tertiary alicyclic amines) is 1. The molecule has 6 nitrogen and oxygen atoms in total. The summed E-state index contributed by atoms with van der Waals surface area (Å²) in [6.45, 7) is 7.46. The van der Waals surface area contributed by atoms with E-state index in [4.69, 9.17) is 0 Å². The van der Waals surface area contributed by atoms with Crippen LogP contribution in [0.4, 0.5) is 0 Å². The molecule has 1 amide bonds. The van der Waals surface area contributed by atoms with Crippen LogP contribution < -0.4 is 0 Å². The van der Waals surface area contributed by atoms with E-state index in [1.165, 1.54) is 31.9 Å². The van der Waals surface area contributed by atoms with Gasteiger partial charge in [-0.3, -0.25) is 9.48 Å². The molecule has 2 heterocycles. The van der Waals surface area contributed by atoms with E-state index >= 15 is 0 Å². The Morgan fingerprint density at radius 2 is 1.76 bits per heavy atom. The van der Waals surface area contributed by atoms with Gasteiger partial charge in [0.05, 0.1) is 17.9 Å². The minimum Gasteiger partial charge on any atom is -0.478 e. The molecule has 3 rings (SSSR count). The topological polar surface area (TPSA) is 75.4 Å². The van der Waals surface area contributed by atoms with Crippen LogP contribution in [0, 0.1) is 18.3 Å². The smallest absolute Gasteiger partial charge is 0.339 e. The van der Waals surface area contributed by atoms with Crippen LogP contribution in [0.1, 0.15) is 74.5 Å². The summed E-state index contributed by atoms with van der Waals surface area (Å²) in [6, 6.07) is 0.173. The fourth-order valence-corrected chi connectivity index (χ4v) is 4.54. The molecule has 6 heteroatoms. The maximum Gasteiger partial charge on any atom is 0.339 e. The van der Waals surface area contributed by atoms with Crippen LogP contribution >= 0.6 is 0 Å². The third kappa shape index (κ3) is 3.31. The highest BCUT2D eigenvalue weighted by atomic mass is 16.4. The first-order chi connectivity index (χ1) is 11.8. The summed E-state index contributed by atoms with van der Waals surface area (Å²) in [7, 11) is 0. The van der Waals surface area contributed by atoms with Gasteiger partial charge in [0.1, 0.15) is 5.56 Å². The molecule has 2 aliphatic rings. The van der Waals surface area contributed by atoms with Gasteiger partial charge >= 0.3 is 5.97 Å². The number of hydrogen-bond donors (Lipinski definition) is 1. The number of nitrogens with zero attached hydrogens (tertiary/aromatic N) is 3. The number of carboxylic acids is 1. The summed E-state index contributed by atoms with van der Waals surface area (Å²) in [4.78, 5) is 26.2. The molecule has 1 aliphatic heterocycles. The molecule has 1 aromatic rings. The molecule has 0 aromatic carbocycles. The van der Waals surface area contributed by atoms with Crippen molar-refractivity contribution in [3.8, 4) is 0 Å². The highest BCUT2D eigenvalue weighted by molar-refractivity contribution is 5.88. The van der Waals surface area contributed by atoms with Crippen LogP contribution in [0.3, 0.4) is 0 Å². The maximum absolute atomic E-state index is 13.0. The van der Waals surface area contributed by atoms with Crippen LogP contribution in [-0.2, 0) is 4.79 Å². The van der Waals surface area contributed by atoms with Gasteiger partial charge in [-0.25, -0.2) is 4.79 Å². The van der Waals surface area contributed by atoms with E-state index in [2.05, 4.69) is 18.9 Å². The number of aromatic nitrogens is 2. The van der Waals surface area contributed by atoms with Crippen molar-refractivity contribution in [1.29, 1.82) is 0 Å². The van der Waals surface area contributed by atoms with Gasteiger partial charge in [-0.15, -0.1) is 0 Å². The summed E-state index contributed by atoms with van der Waals surface area (Å²) >= 11 is 0. The number of rotatable bonds is 4. The fraction of sp³-hybridized carbons (Fsp3) is 0.737. The third-order valence-electron chi connectivity index (χ3n) is 6.30. The number of carbonyl (C=O) groups excluding carboxylic acids is 1. The molecular formula is C19H29N3O3. The Balaban J connectivity index is 1.63. The number of hydrogen-bond acceptors (Lipinski definition) is 3. The fourth-order valence-electron chi connectivity index (χ4n) is 4.54. The van der Waals surface area contributed by atoms with Gasteiger partial charge in [-0.05, 0) is 38.5 Å². The Hall–Kier alpha value is -1.85. The third-order valence-corrected chi connectivity index (χ3v) is 6.30. The molecule has 0 bridgehead atoms. The highest BCUT2D eigenvalue weighted by Crippen LogP contribution is 2.41. The average Bonchev–Trinajstić information content (AvgIpc) is 3.24. The summed E-state index contributed by atoms with van der Waals surface area (Å²) in [5.74, 6) is -0.153. The number of amides is 1. The molecule has 0 atom stereocenters. The highest BCUT2D eigenvalue weighted by Gasteiger charge is 2.41.